The molecule has 130 valence electrons. The topological polar surface area (TPSA) is 77.2 Å². The van der Waals surface area contributed by atoms with Crippen molar-refractivity contribution in [2.24, 2.45) is 0 Å². The molecule has 3 aromatic rings. The van der Waals surface area contributed by atoms with Crippen molar-refractivity contribution in [3.63, 3.8) is 0 Å². The number of ether oxygens (including phenoxy) is 1. The predicted molar refractivity (Wildman–Crippen MR) is 98.0 cm³/mol. The van der Waals surface area contributed by atoms with Gasteiger partial charge < -0.3 is 14.5 Å². The third kappa shape index (κ3) is 4.30. The van der Waals surface area contributed by atoms with Crippen LogP contribution in [0, 0.1) is 0 Å². The molecule has 0 radical (unpaired) electrons. The molecule has 0 aliphatic heterocycles. The number of carbonyl (C=O) groups is 1. The average molecular weight is 357 g/mol. The number of nitrogens with zero attached hydrogens (tertiary/aromatic N) is 2. The monoisotopic (exact) mass is 357 g/mol. The van der Waals surface area contributed by atoms with Crippen LogP contribution in [0.15, 0.2) is 52.2 Å². The fourth-order valence-electron chi connectivity index (χ4n) is 2.27. The van der Waals surface area contributed by atoms with E-state index in [2.05, 4.69) is 15.3 Å². The molecule has 25 heavy (non-hydrogen) atoms. The van der Waals surface area contributed by atoms with Gasteiger partial charge in [-0.15, -0.1) is 0 Å². The van der Waals surface area contributed by atoms with E-state index < -0.39 is 0 Å². The lowest BCUT2D eigenvalue weighted by molar-refractivity contribution is -0.115. The number of thioether (sulfide) groups is 1. The molecular formula is C18H19N3O3S. The molecule has 1 atom stereocenters. The van der Waals surface area contributed by atoms with Crippen molar-refractivity contribution in [2.75, 3.05) is 11.9 Å². The lowest BCUT2D eigenvalue weighted by atomic mass is 10.2. The summed E-state index contributed by atoms with van der Waals surface area (Å²) in [6, 6.07) is 10.9. The maximum Gasteiger partial charge on any atom is 0.259 e. The number of anilines is 1. The minimum absolute atomic E-state index is 0.0909. The van der Waals surface area contributed by atoms with Gasteiger partial charge in [-0.1, -0.05) is 18.7 Å². The van der Waals surface area contributed by atoms with Gasteiger partial charge in [-0.3, -0.25) is 4.79 Å². The molecule has 7 heteroatoms. The molecule has 1 N–H and O–H groups in total. The standard InChI is InChI=1S/C18H19N3O3S/c1-3-15(25-18-21-16-14(24-18)6-5-11-19-16)17(22)20-12-7-9-13(10-8-12)23-4-2/h5-11,15H,3-4H2,1-2H3,(H,20,22)/t15-/m0/s1. The van der Waals surface area contributed by atoms with E-state index in [0.717, 1.165) is 11.4 Å². The van der Waals surface area contributed by atoms with Gasteiger partial charge in [0.15, 0.2) is 11.2 Å². The van der Waals surface area contributed by atoms with Crippen LogP contribution in [-0.4, -0.2) is 27.7 Å². The van der Waals surface area contributed by atoms with Crippen molar-refractivity contribution in [3.05, 3.63) is 42.6 Å². The Hall–Kier alpha value is -2.54. The zero-order chi connectivity index (χ0) is 17.6. The van der Waals surface area contributed by atoms with E-state index in [1.54, 1.807) is 18.3 Å². The summed E-state index contributed by atoms with van der Waals surface area (Å²) in [5.41, 5.74) is 1.89. The van der Waals surface area contributed by atoms with Gasteiger partial charge in [-0.2, -0.15) is 4.98 Å². The summed E-state index contributed by atoms with van der Waals surface area (Å²) in [4.78, 5) is 21.0. The first-order valence-electron chi connectivity index (χ1n) is 8.11. The number of rotatable bonds is 7. The van der Waals surface area contributed by atoms with Crippen LogP contribution in [0.3, 0.4) is 0 Å². The summed E-state index contributed by atoms with van der Waals surface area (Å²) in [7, 11) is 0. The second-order valence-electron chi connectivity index (χ2n) is 5.27. The zero-order valence-corrected chi connectivity index (χ0v) is 14.9. The highest BCUT2D eigenvalue weighted by Crippen LogP contribution is 2.28. The maximum atomic E-state index is 12.5. The number of oxazole rings is 1. The van der Waals surface area contributed by atoms with E-state index in [0.29, 0.717) is 29.5 Å². The number of hydrogen-bond acceptors (Lipinski definition) is 6. The fraction of sp³-hybridized carbons (Fsp3) is 0.278. The van der Waals surface area contributed by atoms with Crippen LogP contribution in [0.4, 0.5) is 5.69 Å². The van der Waals surface area contributed by atoms with Gasteiger partial charge in [0.2, 0.25) is 5.91 Å². The first kappa shape index (κ1) is 17.3. The quantitative estimate of drug-likeness (QED) is 0.641. The summed E-state index contributed by atoms with van der Waals surface area (Å²) >= 11 is 1.30. The number of amides is 1. The molecule has 6 nitrogen and oxygen atoms in total. The van der Waals surface area contributed by atoms with Crippen LogP contribution >= 0.6 is 11.8 Å². The second kappa shape index (κ2) is 8.02. The summed E-state index contributed by atoms with van der Waals surface area (Å²) in [6.07, 6.45) is 2.31. The van der Waals surface area contributed by atoms with Crippen LogP contribution in [0.5, 0.6) is 5.75 Å². The van der Waals surface area contributed by atoms with Crippen LogP contribution < -0.4 is 10.1 Å². The van der Waals surface area contributed by atoms with Gasteiger partial charge in [0.05, 0.1) is 11.9 Å². The Morgan fingerprint density at radius 1 is 1.28 bits per heavy atom. The molecule has 2 aromatic heterocycles. The molecule has 3 rings (SSSR count). The average Bonchev–Trinajstić information content (AvgIpc) is 3.04. The highest BCUT2D eigenvalue weighted by Gasteiger charge is 2.21. The molecule has 0 fully saturated rings. The molecule has 1 aromatic carbocycles. The number of benzene rings is 1. The van der Waals surface area contributed by atoms with Crippen molar-refractivity contribution in [1.29, 1.82) is 0 Å². The molecule has 1 amide bonds. The second-order valence-corrected chi connectivity index (χ2v) is 6.42. The smallest absolute Gasteiger partial charge is 0.259 e. The normalized spacial score (nSPS) is 12.1. The number of hydrogen-bond donors (Lipinski definition) is 1. The van der Waals surface area contributed by atoms with Gasteiger partial charge >= 0.3 is 0 Å². The minimum atomic E-state index is -0.306. The highest BCUT2D eigenvalue weighted by molar-refractivity contribution is 8.00. The van der Waals surface area contributed by atoms with E-state index in [4.69, 9.17) is 9.15 Å². The highest BCUT2D eigenvalue weighted by atomic mass is 32.2. The SMILES string of the molecule is CCOc1ccc(NC(=O)[C@H](CC)Sc2nc3ncccc3o2)cc1. The molecule has 0 bridgehead atoms. The maximum absolute atomic E-state index is 12.5. The fourth-order valence-corrected chi connectivity index (χ4v) is 3.12. The lowest BCUT2D eigenvalue weighted by Gasteiger charge is -2.13. The first-order valence-corrected chi connectivity index (χ1v) is 8.99. The molecule has 0 aliphatic carbocycles. The number of carbonyl (C=O) groups excluding carboxylic acids is 1. The largest absolute Gasteiger partial charge is 0.494 e. The summed E-state index contributed by atoms with van der Waals surface area (Å²) < 4.78 is 11.0. The number of fused-ring (bicyclic) bond motifs is 1. The van der Waals surface area contributed by atoms with Crippen LogP contribution in [0.25, 0.3) is 11.2 Å². The molecule has 0 saturated heterocycles. The van der Waals surface area contributed by atoms with Crippen molar-refractivity contribution in [1.82, 2.24) is 9.97 Å². The molecule has 0 spiro atoms. The van der Waals surface area contributed by atoms with E-state index in [1.165, 1.54) is 11.8 Å². The summed E-state index contributed by atoms with van der Waals surface area (Å²) in [6.45, 7) is 4.50. The van der Waals surface area contributed by atoms with Gasteiger partial charge in [-0.05, 0) is 49.7 Å². The Labute approximate surface area is 150 Å². The number of pyridine rings is 1. The Bertz CT molecular complexity index is 815. The van der Waals surface area contributed by atoms with E-state index >= 15 is 0 Å². The van der Waals surface area contributed by atoms with Crippen molar-refractivity contribution < 1.29 is 13.9 Å². The van der Waals surface area contributed by atoms with Gasteiger partial charge in [0.25, 0.3) is 5.22 Å². The molecular weight excluding hydrogens is 338 g/mol. The zero-order valence-electron chi connectivity index (χ0n) is 14.1. The molecule has 0 unspecified atom stereocenters. The molecule has 0 aliphatic rings. The van der Waals surface area contributed by atoms with Crippen molar-refractivity contribution in [2.45, 2.75) is 30.7 Å². The molecule has 2 heterocycles. The Balaban J connectivity index is 1.66. The third-order valence-corrected chi connectivity index (χ3v) is 4.69. The van der Waals surface area contributed by atoms with Crippen molar-refractivity contribution in [3.8, 4) is 5.75 Å². The van der Waals surface area contributed by atoms with Gasteiger partial charge in [0.1, 0.15) is 5.75 Å². The summed E-state index contributed by atoms with van der Waals surface area (Å²) in [5.74, 6) is 0.688. The Morgan fingerprint density at radius 3 is 2.76 bits per heavy atom. The van der Waals surface area contributed by atoms with Crippen LogP contribution in [-0.2, 0) is 4.79 Å². The van der Waals surface area contributed by atoms with Gasteiger partial charge in [-0.25, -0.2) is 4.98 Å². The van der Waals surface area contributed by atoms with Crippen LogP contribution in [0.2, 0.25) is 0 Å². The third-order valence-electron chi connectivity index (χ3n) is 3.48. The van der Waals surface area contributed by atoms with E-state index in [9.17, 15) is 4.79 Å². The Kier molecular flexibility index (Phi) is 5.55. The summed E-state index contributed by atoms with van der Waals surface area (Å²) in [5, 5.41) is 3.06. The van der Waals surface area contributed by atoms with E-state index in [1.807, 2.05) is 38.1 Å². The minimum Gasteiger partial charge on any atom is -0.494 e. The number of aromatic nitrogens is 2. The lowest BCUT2D eigenvalue weighted by Crippen LogP contribution is -2.24. The Morgan fingerprint density at radius 2 is 2.08 bits per heavy atom. The van der Waals surface area contributed by atoms with Crippen molar-refractivity contribution >= 4 is 34.6 Å². The first-order chi connectivity index (χ1) is 12.2. The number of nitrogens with one attached hydrogen (secondary N) is 1. The van der Waals surface area contributed by atoms with Gasteiger partial charge in [0, 0.05) is 11.9 Å². The predicted octanol–water partition coefficient (Wildman–Crippen LogP) is 4.13. The van der Waals surface area contributed by atoms with E-state index in [-0.39, 0.29) is 11.2 Å². The van der Waals surface area contributed by atoms with Crippen LogP contribution in [0.1, 0.15) is 20.3 Å². The molecule has 0 saturated carbocycles.